The number of urea groups is 1. The number of carbonyl (C=O) groups is 3. The smallest absolute Gasteiger partial charge is 0.416 e. The molecule has 302 valence electrons. The molecule has 0 radical (unpaired) electrons. The van der Waals surface area contributed by atoms with E-state index in [1.165, 1.54) is 6.07 Å². The van der Waals surface area contributed by atoms with Crippen molar-refractivity contribution >= 4 is 45.9 Å². The minimum Gasteiger partial charge on any atom is -0.496 e. The van der Waals surface area contributed by atoms with Crippen molar-refractivity contribution in [3.05, 3.63) is 92.9 Å². The maximum Gasteiger partial charge on any atom is 0.416 e. The molecule has 3 aromatic carbocycles. The Labute approximate surface area is 333 Å². The summed E-state index contributed by atoms with van der Waals surface area (Å²) < 4.78 is 50.3. The first-order valence-electron chi connectivity index (χ1n) is 19.2. The van der Waals surface area contributed by atoms with Crippen molar-refractivity contribution in [3.8, 4) is 16.9 Å². The third-order valence-corrected chi connectivity index (χ3v) is 12.0. The molecular formula is C42H46ClF3N6O5. The summed E-state index contributed by atoms with van der Waals surface area (Å²) in [4.78, 5) is 55.9. The zero-order valence-corrected chi connectivity index (χ0v) is 32.9. The van der Waals surface area contributed by atoms with Crippen LogP contribution in [0.15, 0.2) is 65.6 Å². The molecule has 1 aromatic heterocycles. The molecule has 0 aliphatic carbocycles. The Morgan fingerprint density at radius 2 is 1.67 bits per heavy atom. The number of halogens is 4. The number of pyridine rings is 1. The number of carbonyl (C=O) groups excluding carboxylic acids is 3. The Hall–Kier alpha value is -5.08. The lowest BCUT2D eigenvalue weighted by atomic mass is 9.86. The number of nitrogens with one attached hydrogen (secondary N) is 2. The summed E-state index contributed by atoms with van der Waals surface area (Å²) >= 11 is 6.93. The minimum absolute atomic E-state index is 0.00506. The van der Waals surface area contributed by atoms with Crippen LogP contribution in [0.25, 0.3) is 21.9 Å². The maximum absolute atomic E-state index is 14.3. The predicted octanol–water partition coefficient (Wildman–Crippen LogP) is 7.00. The Bertz CT molecular complexity index is 2250. The fourth-order valence-corrected chi connectivity index (χ4v) is 8.75. The summed E-state index contributed by atoms with van der Waals surface area (Å²) in [5.74, 6) is -0.696. The lowest BCUT2D eigenvalue weighted by Crippen LogP contribution is -2.51. The van der Waals surface area contributed by atoms with Crippen LogP contribution in [0.2, 0.25) is 5.02 Å². The molecule has 3 saturated heterocycles. The molecule has 4 amide bonds. The van der Waals surface area contributed by atoms with Crippen LogP contribution in [0.5, 0.6) is 5.75 Å². The number of amides is 4. The van der Waals surface area contributed by atoms with Gasteiger partial charge in [0.25, 0.3) is 5.56 Å². The van der Waals surface area contributed by atoms with Crippen molar-refractivity contribution in [1.29, 1.82) is 0 Å². The fraction of sp³-hybridized carbons (Fsp3) is 0.429. The van der Waals surface area contributed by atoms with Crippen LogP contribution in [-0.2, 0) is 29.4 Å². The summed E-state index contributed by atoms with van der Waals surface area (Å²) in [7, 11) is 5.14. The number of hydrogen-bond acceptors (Lipinski definition) is 7. The summed E-state index contributed by atoms with van der Waals surface area (Å²) in [6.45, 7) is 2.69. The number of nitrogens with zero attached hydrogens (tertiary/aromatic N) is 4. The molecule has 0 spiro atoms. The van der Waals surface area contributed by atoms with Crippen LogP contribution in [0.4, 0.5) is 23.7 Å². The standard InChI is InChI=1S/C42H46ClF3N6O5/c1-49-23-32(30-6-4-5-7-31(30)40(49)55)26-20-35(43)33(37(21-26)57-3)24-51-16-14-28(15-17-51)50(2)41(56)52-18-12-25(13-19-52)29-9-8-27(22-34(29)42(44,45)46)47-36-10-11-38(53)48-39(36)54/h4-9,20-23,25,28,36,47H,10-19,24H2,1-3H3,(H,48,53,54). The predicted molar refractivity (Wildman–Crippen MR) is 212 cm³/mol. The summed E-state index contributed by atoms with van der Waals surface area (Å²) in [6, 6.07) is 14.5. The third kappa shape index (κ3) is 8.47. The highest BCUT2D eigenvalue weighted by molar-refractivity contribution is 6.32. The fourth-order valence-electron chi connectivity index (χ4n) is 8.48. The monoisotopic (exact) mass is 806 g/mol. The number of methoxy groups -OCH3 is 1. The molecule has 11 nitrogen and oxygen atoms in total. The van der Waals surface area contributed by atoms with Gasteiger partial charge < -0.3 is 24.4 Å². The maximum atomic E-state index is 14.3. The number of piperidine rings is 3. The number of alkyl halides is 3. The van der Waals surface area contributed by atoms with Gasteiger partial charge in [-0.3, -0.25) is 24.6 Å². The second-order valence-electron chi connectivity index (χ2n) is 15.3. The van der Waals surface area contributed by atoms with E-state index in [0.717, 1.165) is 54.1 Å². The van der Waals surface area contributed by atoms with Crippen LogP contribution in [0.1, 0.15) is 61.1 Å². The third-order valence-electron chi connectivity index (χ3n) is 11.7. The second-order valence-corrected chi connectivity index (χ2v) is 15.7. The highest BCUT2D eigenvalue weighted by Crippen LogP contribution is 2.41. The number of aromatic nitrogens is 1. The van der Waals surface area contributed by atoms with E-state index in [-0.39, 0.29) is 47.6 Å². The quantitative estimate of drug-likeness (QED) is 0.184. The highest BCUT2D eigenvalue weighted by Gasteiger charge is 2.38. The molecule has 4 aromatic rings. The van der Waals surface area contributed by atoms with Gasteiger partial charge in [-0.2, -0.15) is 13.2 Å². The molecule has 2 N–H and O–H groups in total. The van der Waals surface area contributed by atoms with Gasteiger partial charge in [0, 0.05) is 92.7 Å². The molecule has 0 bridgehead atoms. The lowest BCUT2D eigenvalue weighted by molar-refractivity contribution is -0.138. The molecule has 3 fully saturated rings. The number of anilines is 1. The van der Waals surface area contributed by atoms with Crippen molar-refractivity contribution in [2.75, 3.05) is 45.7 Å². The lowest BCUT2D eigenvalue weighted by Gasteiger charge is -2.41. The number of rotatable bonds is 8. The molecule has 0 saturated carbocycles. The molecular weight excluding hydrogens is 761 g/mol. The van der Waals surface area contributed by atoms with E-state index < -0.39 is 29.6 Å². The Kier molecular flexibility index (Phi) is 11.6. The SMILES string of the molecule is COc1cc(-c2cn(C)c(=O)c3ccccc23)cc(Cl)c1CN1CCC(N(C)C(=O)N2CCC(c3ccc(NC4CCC(=O)NC4=O)cc3C(F)(F)F)CC2)CC1. The first-order chi connectivity index (χ1) is 27.2. The number of hydrogen-bond donors (Lipinski definition) is 2. The van der Waals surface area contributed by atoms with E-state index in [1.807, 2.05) is 42.6 Å². The van der Waals surface area contributed by atoms with Gasteiger partial charge in [-0.1, -0.05) is 35.9 Å². The number of benzene rings is 3. The molecule has 15 heteroatoms. The van der Waals surface area contributed by atoms with Crippen molar-refractivity contribution in [1.82, 2.24) is 24.6 Å². The molecule has 7 rings (SSSR count). The van der Waals surface area contributed by atoms with E-state index in [2.05, 4.69) is 15.5 Å². The zero-order chi connectivity index (χ0) is 40.6. The van der Waals surface area contributed by atoms with E-state index in [9.17, 15) is 32.3 Å². The summed E-state index contributed by atoms with van der Waals surface area (Å²) in [6.07, 6.45) is -0.216. The van der Waals surface area contributed by atoms with Gasteiger partial charge >= 0.3 is 12.2 Å². The van der Waals surface area contributed by atoms with Crippen molar-refractivity contribution in [2.45, 2.75) is 69.2 Å². The van der Waals surface area contributed by atoms with E-state index in [1.54, 1.807) is 41.6 Å². The molecule has 1 unspecified atom stereocenters. The second kappa shape index (κ2) is 16.4. The molecule has 3 aliphatic heterocycles. The van der Waals surface area contributed by atoms with Crippen molar-refractivity contribution in [3.63, 3.8) is 0 Å². The number of imide groups is 1. The first kappa shape index (κ1) is 40.1. The van der Waals surface area contributed by atoms with Crippen LogP contribution >= 0.6 is 11.6 Å². The number of aryl methyl sites for hydroxylation is 1. The summed E-state index contributed by atoms with van der Waals surface area (Å²) in [5, 5.41) is 7.08. The van der Waals surface area contributed by atoms with Crippen molar-refractivity contribution in [2.24, 2.45) is 7.05 Å². The van der Waals surface area contributed by atoms with Crippen LogP contribution < -0.4 is 20.9 Å². The molecule has 4 heterocycles. The van der Waals surface area contributed by atoms with Gasteiger partial charge in [-0.05, 0) is 84.9 Å². The number of fused-ring (bicyclic) bond motifs is 1. The topological polar surface area (TPSA) is 116 Å². The molecule has 57 heavy (non-hydrogen) atoms. The van der Waals surface area contributed by atoms with E-state index in [4.69, 9.17) is 16.3 Å². The molecule has 3 aliphatic rings. The van der Waals surface area contributed by atoms with Gasteiger partial charge in [0.2, 0.25) is 11.8 Å². The van der Waals surface area contributed by atoms with Gasteiger partial charge in [0.15, 0.2) is 0 Å². The Morgan fingerprint density at radius 1 is 0.965 bits per heavy atom. The van der Waals surface area contributed by atoms with Crippen LogP contribution in [-0.4, -0.2) is 89.5 Å². The van der Waals surface area contributed by atoms with Crippen molar-refractivity contribution < 1.29 is 32.3 Å². The number of ether oxygens (including phenoxy) is 1. The van der Waals surface area contributed by atoms with Gasteiger partial charge in [0.1, 0.15) is 11.8 Å². The normalized spacial score (nSPS) is 18.8. The minimum atomic E-state index is -4.61. The Balaban J connectivity index is 0.948. The van der Waals surface area contributed by atoms with Gasteiger partial charge in [-0.25, -0.2) is 4.79 Å². The largest absolute Gasteiger partial charge is 0.496 e. The Morgan fingerprint density at radius 3 is 2.33 bits per heavy atom. The van der Waals surface area contributed by atoms with E-state index in [0.29, 0.717) is 48.6 Å². The highest BCUT2D eigenvalue weighted by atomic mass is 35.5. The first-order valence-corrected chi connectivity index (χ1v) is 19.6. The van der Waals surface area contributed by atoms with Gasteiger partial charge in [-0.15, -0.1) is 0 Å². The van der Waals surface area contributed by atoms with Crippen LogP contribution in [0, 0.1) is 0 Å². The number of likely N-dealkylation sites (tertiary alicyclic amines) is 2. The van der Waals surface area contributed by atoms with Crippen LogP contribution in [0.3, 0.4) is 0 Å². The van der Waals surface area contributed by atoms with Gasteiger partial charge in [0.05, 0.1) is 12.7 Å². The summed E-state index contributed by atoms with van der Waals surface area (Å²) in [5.41, 5.74) is 2.07. The molecule has 1 atom stereocenters. The zero-order valence-electron chi connectivity index (χ0n) is 32.1. The average molecular weight is 807 g/mol. The van der Waals surface area contributed by atoms with E-state index >= 15 is 0 Å². The average Bonchev–Trinajstić information content (AvgIpc) is 3.20.